The van der Waals surface area contributed by atoms with E-state index in [1.54, 1.807) is 12.1 Å². The number of rotatable bonds is 4. The molecule has 0 aliphatic heterocycles. The molecule has 0 spiro atoms. The van der Waals surface area contributed by atoms with Crippen LogP contribution >= 0.6 is 27.5 Å². The number of halogens is 3. The van der Waals surface area contributed by atoms with E-state index < -0.39 is 10.7 Å². The maximum atomic E-state index is 13.6. The van der Waals surface area contributed by atoms with E-state index in [9.17, 15) is 14.5 Å². The van der Waals surface area contributed by atoms with Gasteiger partial charge >= 0.3 is 0 Å². The fourth-order valence-corrected chi connectivity index (χ4v) is 2.06. The van der Waals surface area contributed by atoms with Crippen molar-refractivity contribution in [3.63, 3.8) is 0 Å². The van der Waals surface area contributed by atoms with Crippen molar-refractivity contribution in [2.24, 2.45) is 0 Å². The molecule has 0 heterocycles. The van der Waals surface area contributed by atoms with Crippen molar-refractivity contribution < 1.29 is 9.31 Å². The first-order chi connectivity index (χ1) is 9.47. The van der Waals surface area contributed by atoms with Crippen molar-refractivity contribution in [1.82, 2.24) is 0 Å². The third-order valence-corrected chi connectivity index (χ3v) is 3.86. The number of non-ortho nitro benzene ring substituents is 1. The Labute approximate surface area is 127 Å². The zero-order valence-electron chi connectivity index (χ0n) is 10.1. The highest BCUT2D eigenvalue weighted by atomic mass is 79.9. The lowest BCUT2D eigenvalue weighted by Gasteiger charge is -2.08. The Kier molecular flexibility index (Phi) is 4.57. The van der Waals surface area contributed by atoms with E-state index in [1.165, 1.54) is 0 Å². The van der Waals surface area contributed by atoms with Crippen LogP contribution in [0, 0.1) is 15.9 Å². The Hall–Kier alpha value is -1.66. The van der Waals surface area contributed by atoms with Crippen molar-refractivity contribution in [2.45, 2.75) is 6.54 Å². The van der Waals surface area contributed by atoms with Gasteiger partial charge in [-0.05, 0) is 39.7 Å². The van der Waals surface area contributed by atoms with Gasteiger partial charge in [0.15, 0.2) is 0 Å². The Morgan fingerprint density at radius 2 is 2.05 bits per heavy atom. The first kappa shape index (κ1) is 14.7. The van der Waals surface area contributed by atoms with E-state index >= 15 is 0 Å². The van der Waals surface area contributed by atoms with Crippen LogP contribution in [0.15, 0.2) is 40.9 Å². The van der Waals surface area contributed by atoms with Gasteiger partial charge in [0.1, 0.15) is 5.82 Å². The maximum absolute atomic E-state index is 13.6. The SMILES string of the molecule is O=[N+]([O-])c1ccc(F)c(NCc2ccc(Br)c(Cl)c2)c1. The molecule has 7 heteroatoms. The third-order valence-electron chi connectivity index (χ3n) is 2.63. The third kappa shape index (κ3) is 3.46. The summed E-state index contributed by atoms with van der Waals surface area (Å²) in [6, 6.07) is 8.68. The molecule has 4 nitrogen and oxygen atoms in total. The van der Waals surface area contributed by atoms with Crippen LogP contribution in [0.1, 0.15) is 5.56 Å². The molecule has 0 bridgehead atoms. The molecule has 0 fully saturated rings. The Morgan fingerprint density at radius 3 is 2.70 bits per heavy atom. The summed E-state index contributed by atoms with van der Waals surface area (Å²) in [6.45, 7) is 0.311. The van der Waals surface area contributed by atoms with Gasteiger partial charge < -0.3 is 5.32 Å². The molecular weight excluding hydrogens is 351 g/mol. The topological polar surface area (TPSA) is 55.2 Å². The van der Waals surface area contributed by atoms with Gasteiger partial charge in [0, 0.05) is 23.2 Å². The van der Waals surface area contributed by atoms with Crippen LogP contribution in [-0.2, 0) is 6.54 Å². The number of nitro groups is 1. The number of anilines is 1. The quantitative estimate of drug-likeness (QED) is 0.632. The summed E-state index contributed by atoms with van der Waals surface area (Å²) in [5.41, 5.74) is 0.755. The number of hydrogen-bond donors (Lipinski definition) is 1. The molecule has 0 aliphatic carbocycles. The number of hydrogen-bond acceptors (Lipinski definition) is 3. The van der Waals surface area contributed by atoms with Crippen LogP contribution in [0.2, 0.25) is 5.02 Å². The molecule has 0 saturated heterocycles. The van der Waals surface area contributed by atoms with E-state index in [2.05, 4.69) is 21.2 Å². The van der Waals surface area contributed by atoms with Crippen LogP contribution in [0.4, 0.5) is 15.8 Å². The van der Waals surface area contributed by atoms with E-state index in [-0.39, 0.29) is 11.4 Å². The second-order valence-corrected chi connectivity index (χ2v) is 5.28. The first-order valence-corrected chi connectivity index (χ1v) is 6.76. The van der Waals surface area contributed by atoms with Crippen LogP contribution in [0.5, 0.6) is 0 Å². The standard InChI is InChI=1S/C13H9BrClFN2O2/c14-10-3-1-8(5-11(10)15)7-17-13-6-9(18(19)20)2-4-12(13)16/h1-6,17H,7H2. The molecule has 0 amide bonds. The van der Waals surface area contributed by atoms with Gasteiger partial charge in [-0.15, -0.1) is 0 Å². The van der Waals surface area contributed by atoms with Gasteiger partial charge in [0.2, 0.25) is 0 Å². The lowest BCUT2D eigenvalue weighted by Crippen LogP contribution is -2.02. The van der Waals surface area contributed by atoms with Gasteiger partial charge in [-0.25, -0.2) is 4.39 Å². The molecule has 2 aromatic rings. The molecule has 2 rings (SSSR count). The van der Waals surface area contributed by atoms with Crippen molar-refractivity contribution in [2.75, 3.05) is 5.32 Å². The summed E-state index contributed by atoms with van der Waals surface area (Å²) in [7, 11) is 0. The second kappa shape index (κ2) is 6.19. The number of nitrogens with zero attached hydrogens (tertiary/aromatic N) is 1. The fourth-order valence-electron chi connectivity index (χ4n) is 1.61. The van der Waals surface area contributed by atoms with E-state index in [4.69, 9.17) is 11.6 Å². The summed E-state index contributed by atoms with van der Waals surface area (Å²) in [6.07, 6.45) is 0. The minimum atomic E-state index is -0.568. The molecule has 0 saturated carbocycles. The molecular formula is C13H9BrClFN2O2. The monoisotopic (exact) mass is 358 g/mol. The predicted molar refractivity (Wildman–Crippen MR) is 79.5 cm³/mol. The van der Waals surface area contributed by atoms with E-state index in [0.29, 0.717) is 11.6 Å². The van der Waals surface area contributed by atoms with Gasteiger partial charge in [-0.3, -0.25) is 10.1 Å². The smallest absolute Gasteiger partial charge is 0.271 e. The largest absolute Gasteiger partial charge is 0.378 e. The zero-order valence-corrected chi connectivity index (χ0v) is 12.4. The highest BCUT2D eigenvalue weighted by molar-refractivity contribution is 9.10. The van der Waals surface area contributed by atoms with Gasteiger partial charge in [0.05, 0.1) is 15.6 Å². The van der Waals surface area contributed by atoms with Crippen molar-refractivity contribution in [3.8, 4) is 0 Å². The van der Waals surface area contributed by atoms with Crippen molar-refractivity contribution in [3.05, 3.63) is 67.4 Å². The Bertz CT molecular complexity index is 667. The minimum Gasteiger partial charge on any atom is -0.378 e. The Morgan fingerprint density at radius 1 is 1.30 bits per heavy atom. The molecule has 2 aromatic carbocycles. The summed E-state index contributed by atoms with van der Waals surface area (Å²) in [5, 5.41) is 14.0. The summed E-state index contributed by atoms with van der Waals surface area (Å²) in [5.74, 6) is -0.543. The lowest BCUT2D eigenvalue weighted by molar-refractivity contribution is -0.384. The number of benzene rings is 2. The first-order valence-electron chi connectivity index (χ1n) is 5.59. The van der Waals surface area contributed by atoms with Gasteiger partial charge in [-0.1, -0.05) is 17.7 Å². The summed E-state index contributed by atoms with van der Waals surface area (Å²) in [4.78, 5) is 10.1. The summed E-state index contributed by atoms with van der Waals surface area (Å²) < 4.78 is 14.3. The van der Waals surface area contributed by atoms with Crippen LogP contribution < -0.4 is 5.32 Å². The van der Waals surface area contributed by atoms with Crippen LogP contribution in [0.25, 0.3) is 0 Å². The molecule has 20 heavy (non-hydrogen) atoms. The average molecular weight is 360 g/mol. The van der Waals surface area contributed by atoms with Gasteiger partial charge in [0.25, 0.3) is 5.69 Å². The molecule has 0 aliphatic rings. The lowest BCUT2D eigenvalue weighted by atomic mass is 10.2. The zero-order chi connectivity index (χ0) is 14.7. The minimum absolute atomic E-state index is 0.0817. The van der Waals surface area contributed by atoms with Crippen molar-refractivity contribution >= 4 is 38.9 Å². The normalized spacial score (nSPS) is 10.3. The molecule has 104 valence electrons. The molecule has 0 radical (unpaired) electrons. The second-order valence-electron chi connectivity index (χ2n) is 4.02. The fraction of sp³-hybridized carbons (Fsp3) is 0.0769. The highest BCUT2D eigenvalue weighted by Gasteiger charge is 2.10. The molecule has 0 atom stereocenters. The van der Waals surface area contributed by atoms with E-state index in [1.807, 2.05) is 6.07 Å². The average Bonchev–Trinajstić information content (AvgIpc) is 2.41. The number of nitrogens with one attached hydrogen (secondary N) is 1. The highest BCUT2D eigenvalue weighted by Crippen LogP contribution is 2.25. The Balaban J connectivity index is 2.15. The van der Waals surface area contributed by atoms with Gasteiger partial charge in [-0.2, -0.15) is 0 Å². The summed E-state index contributed by atoms with van der Waals surface area (Å²) >= 11 is 9.23. The number of nitro benzene ring substituents is 1. The van der Waals surface area contributed by atoms with Crippen molar-refractivity contribution in [1.29, 1.82) is 0 Å². The predicted octanol–water partition coefficient (Wildman–Crippen LogP) is 4.76. The van der Waals surface area contributed by atoms with Crippen LogP contribution in [-0.4, -0.2) is 4.92 Å². The maximum Gasteiger partial charge on any atom is 0.271 e. The van der Waals surface area contributed by atoms with E-state index in [0.717, 1.165) is 28.2 Å². The molecule has 0 aromatic heterocycles. The molecule has 1 N–H and O–H groups in total. The molecule has 0 unspecified atom stereocenters. The van der Waals surface area contributed by atoms with Crippen LogP contribution in [0.3, 0.4) is 0 Å².